The van der Waals surface area contributed by atoms with Gasteiger partial charge in [0.1, 0.15) is 23.6 Å². The van der Waals surface area contributed by atoms with E-state index in [1.165, 1.54) is 0 Å². The van der Waals surface area contributed by atoms with Crippen molar-refractivity contribution in [3.05, 3.63) is 40.4 Å². The summed E-state index contributed by atoms with van der Waals surface area (Å²) in [6.07, 6.45) is 1.63. The van der Waals surface area contributed by atoms with Crippen LogP contribution in [0.2, 0.25) is 10.0 Å². The lowest BCUT2D eigenvalue weighted by molar-refractivity contribution is -0.131. The molecule has 184 valence electrons. The number of hydrogen-bond donors (Lipinski definition) is 3. The molecule has 11 heteroatoms. The summed E-state index contributed by atoms with van der Waals surface area (Å²) in [5, 5.41) is 11.5. The average Bonchev–Trinajstić information content (AvgIpc) is 2.75. The number of ether oxygens (including phenoxy) is 1. The van der Waals surface area contributed by atoms with E-state index in [0.717, 1.165) is 5.56 Å². The summed E-state index contributed by atoms with van der Waals surface area (Å²) in [6.45, 7) is 10.2. The SMILES string of the molecule is C=CCOc1cc(Cl)c(Cl)cc1C(N[S@@+]([O-])C(C)(C)C)C1CCN(C(=O)CNC(=O)O)CC1. The molecule has 0 spiro atoms. The van der Waals surface area contributed by atoms with Gasteiger partial charge in [-0.2, -0.15) is 0 Å². The molecule has 1 aliphatic rings. The summed E-state index contributed by atoms with van der Waals surface area (Å²) in [4.78, 5) is 24.6. The molecule has 0 radical (unpaired) electrons. The first-order chi connectivity index (χ1) is 15.4. The molecule has 2 rings (SSSR count). The number of halogens is 2. The number of amides is 2. The van der Waals surface area contributed by atoms with Gasteiger partial charge in [-0.15, -0.1) is 4.72 Å². The Morgan fingerprint density at radius 1 is 1.33 bits per heavy atom. The maximum atomic E-state index is 13.0. The Bertz CT molecular complexity index is 857. The Hall–Kier alpha value is -1.65. The fourth-order valence-corrected chi connectivity index (χ4v) is 4.74. The first-order valence-electron chi connectivity index (χ1n) is 10.6. The number of piperidine rings is 1. The van der Waals surface area contributed by atoms with Gasteiger partial charge >= 0.3 is 6.09 Å². The van der Waals surface area contributed by atoms with Crippen molar-refractivity contribution in [3.8, 4) is 5.75 Å². The number of nitrogens with zero attached hydrogens (tertiary/aromatic N) is 1. The second-order valence-electron chi connectivity index (χ2n) is 8.76. The van der Waals surface area contributed by atoms with E-state index in [2.05, 4.69) is 16.6 Å². The molecule has 1 aromatic rings. The summed E-state index contributed by atoms with van der Waals surface area (Å²) in [6, 6.07) is 3.01. The average molecular weight is 520 g/mol. The molecule has 0 aromatic heterocycles. The molecule has 33 heavy (non-hydrogen) atoms. The van der Waals surface area contributed by atoms with Crippen molar-refractivity contribution in [2.75, 3.05) is 26.2 Å². The third-order valence-electron chi connectivity index (χ3n) is 5.29. The first-order valence-corrected chi connectivity index (χ1v) is 12.5. The third kappa shape index (κ3) is 7.96. The Balaban J connectivity index is 2.29. The van der Waals surface area contributed by atoms with Gasteiger partial charge in [0.15, 0.2) is 0 Å². The molecule has 1 fully saturated rings. The van der Waals surface area contributed by atoms with Crippen LogP contribution in [0.5, 0.6) is 5.75 Å². The van der Waals surface area contributed by atoms with Gasteiger partial charge in [0.2, 0.25) is 5.91 Å². The number of carbonyl (C=O) groups excluding carboxylic acids is 1. The monoisotopic (exact) mass is 519 g/mol. The molecular weight excluding hydrogens is 489 g/mol. The lowest BCUT2D eigenvalue weighted by Gasteiger charge is -2.38. The molecule has 8 nitrogen and oxygen atoms in total. The van der Waals surface area contributed by atoms with Crippen molar-refractivity contribution < 1.29 is 24.0 Å². The van der Waals surface area contributed by atoms with Crippen LogP contribution in [0.25, 0.3) is 0 Å². The van der Waals surface area contributed by atoms with Crippen LogP contribution in [-0.2, 0) is 16.2 Å². The van der Waals surface area contributed by atoms with Crippen molar-refractivity contribution in [1.82, 2.24) is 14.9 Å². The lowest BCUT2D eigenvalue weighted by Crippen LogP contribution is -2.48. The highest BCUT2D eigenvalue weighted by Gasteiger charge is 2.37. The number of hydrogen-bond acceptors (Lipinski definition) is 5. The minimum atomic E-state index is -1.38. The molecule has 0 aliphatic carbocycles. The summed E-state index contributed by atoms with van der Waals surface area (Å²) >= 11 is 11.2. The van der Waals surface area contributed by atoms with Crippen LogP contribution >= 0.6 is 23.2 Å². The van der Waals surface area contributed by atoms with Crippen molar-refractivity contribution in [2.45, 2.75) is 44.4 Å². The second-order valence-corrected chi connectivity index (χ2v) is 11.6. The number of nitrogens with one attached hydrogen (secondary N) is 2. The molecule has 2 atom stereocenters. The van der Waals surface area contributed by atoms with E-state index in [4.69, 9.17) is 33.0 Å². The van der Waals surface area contributed by atoms with E-state index in [-0.39, 0.29) is 31.0 Å². The second kappa shape index (κ2) is 12.2. The molecule has 3 N–H and O–H groups in total. The molecule has 0 saturated carbocycles. The largest absolute Gasteiger partial charge is 0.598 e. The van der Waals surface area contributed by atoms with E-state index < -0.39 is 22.2 Å². The van der Waals surface area contributed by atoms with Crippen LogP contribution in [0.3, 0.4) is 0 Å². The third-order valence-corrected chi connectivity index (χ3v) is 7.59. The van der Waals surface area contributed by atoms with Crippen LogP contribution in [0.15, 0.2) is 24.8 Å². The van der Waals surface area contributed by atoms with Crippen LogP contribution in [0, 0.1) is 5.92 Å². The Labute approximate surface area is 208 Å². The van der Waals surface area contributed by atoms with Gasteiger partial charge in [0.25, 0.3) is 0 Å². The van der Waals surface area contributed by atoms with Crippen molar-refractivity contribution in [1.29, 1.82) is 0 Å². The molecular formula is C22H31Cl2N3O5S. The van der Waals surface area contributed by atoms with Crippen molar-refractivity contribution >= 4 is 46.6 Å². The van der Waals surface area contributed by atoms with Crippen LogP contribution in [0.1, 0.15) is 45.2 Å². The summed E-state index contributed by atoms with van der Waals surface area (Å²) in [5.74, 6) is 0.274. The van der Waals surface area contributed by atoms with Crippen molar-refractivity contribution in [3.63, 3.8) is 0 Å². The quantitative estimate of drug-likeness (QED) is 0.333. The Kier molecular flexibility index (Phi) is 10.2. The van der Waals surface area contributed by atoms with Crippen LogP contribution in [-0.4, -0.2) is 57.5 Å². The van der Waals surface area contributed by atoms with E-state index in [1.807, 2.05) is 20.8 Å². The zero-order valence-corrected chi connectivity index (χ0v) is 21.4. The first kappa shape index (κ1) is 27.6. The molecule has 1 unspecified atom stereocenters. The maximum absolute atomic E-state index is 13.0. The zero-order valence-electron chi connectivity index (χ0n) is 19.0. The maximum Gasteiger partial charge on any atom is 0.405 e. The molecule has 1 aliphatic heterocycles. The number of carboxylic acid groups (broad SMARTS) is 1. The van der Waals surface area contributed by atoms with Gasteiger partial charge in [0, 0.05) is 36.1 Å². The number of benzene rings is 1. The normalized spacial score (nSPS) is 16.7. The standard InChI is InChI=1S/C22H31Cl2N3O5S/c1-5-10-32-18-12-17(24)16(23)11-15(18)20(26-33(31)22(2,3)4)14-6-8-27(9-7-14)19(28)13-25-21(29)30/h5,11-12,14,20,25-26H,1,6-10,13H2,2-4H3,(H,29,30)/t20?,33-/m0/s1. The van der Waals surface area contributed by atoms with E-state index >= 15 is 0 Å². The van der Waals surface area contributed by atoms with Crippen LogP contribution < -0.4 is 14.8 Å². The van der Waals surface area contributed by atoms with E-state index in [1.54, 1.807) is 23.1 Å². The highest BCUT2D eigenvalue weighted by molar-refractivity contribution is 7.90. The minimum absolute atomic E-state index is 0.0242. The molecule has 0 bridgehead atoms. The smallest absolute Gasteiger partial charge is 0.405 e. The van der Waals surface area contributed by atoms with Crippen LogP contribution in [0.4, 0.5) is 4.79 Å². The number of likely N-dealkylation sites (tertiary alicyclic amines) is 1. The van der Waals surface area contributed by atoms with Gasteiger partial charge in [-0.1, -0.05) is 35.9 Å². The Morgan fingerprint density at radius 3 is 2.48 bits per heavy atom. The summed E-state index contributed by atoms with van der Waals surface area (Å²) in [7, 11) is 0. The molecule has 1 heterocycles. The van der Waals surface area contributed by atoms with Crippen molar-refractivity contribution in [2.24, 2.45) is 5.92 Å². The highest BCUT2D eigenvalue weighted by Crippen LogP contribution is 2.40. The minimum Gasteiger partial charge on any atom is -0.598 e. The molecule has 1 saturated heterocycles. The fraction of sp³-hybridized carbons (Fsp3) is 0.545. The van der Waals surface area contributed by atoms with Gasteiger partial charge in [-0.05, 0) is 45.6 Å². The van der Waals surface area contributed by atoms with Gasteiger partial charge in [0.05, 0.1) is 16.1 Å². The van der Waals surface area contributed by atoms with E-state index in [0.29, 0.717) is 41.7 Å². The predicted octanol–water partition coefficient (Wildman–Crippen LogP) is 4.16. The lowest BCUT2D eigenvalue weighted by atomic mass is 9.85. The van der Waals surface area contributed by atoms with E-state index in [9.17, 15) is 14.1 Å². The van der Waals surface area contributed by atoms with Gasteiger partial charge < -0.3 is 24.6 Å². The summed E-state index contributed by atoms with van der Waals surface area (Å²) < 4.78 is 21.6. The zero-order chi connectivity index (χ0) is 24.8. The number of rotatable bonds is 9. The predicted molar refractivity (Wildman–Crippen MR) is 131 cm³/mol. The topological polar surface area (TPSA) is 114 Å². The van der Waals surface area contributed by atoms with Gasteiger partial charge in [-0.3, -0.25) is 4.79 Å². The summed E-state index contributed by atoms with van der Waals surface area (Å²) in [5.41, 5.74) is 0.737. The fourth-order valence-electron chi connectivity index (χ4n) is 3.51. The highest BCUT2D eigenvalue weighted by atomic mass is 35.5. The van der Waals surface area contributed by atoms with Gasteiger partial charge in [-0.25, -0.2) is 4.79 Å². The molecule has 1 aromatic carbocycles. The number of carbonyl (C=O) groups is 2. The Morgan fingerprint density at radius 2 is 1.94 bits per heavy atom. The molecule has 2 amide bonds.